The van der Waals surface area contributed by atoms with Gasteiger partial charge < -0.3 is 0 Å². The minimum absolute atomic E-state index is 0.742. The molecule has 0 heterocycles. The van der Waals surface area contributed by atoms with Gasteiger partial charge in [-0.1, -0.05) is 30.3 Å². The van der Waals surface area contributed by atoms with Crippen LogP contribution in [0.1, 0.15) is 12.5 Å². The highest BCUT2D eigenvalue weighted by molar-refractivity contribution is 5.98. The summed E-state index contributed by atoms with van der Waals surface area (Å²) in [4.78, 5) is 0. The SMILES string of the molecule is CC(=NN=CC(C#N)C#N)c1ccccc1. The first kappa shape index (κ1) is 11.6. The van der Waals surface area contributed by atoms with Crippen molar-refractivity contribution in [2.24, 2.45) is 16.1 Å². The molecule has 0 aliphatic carbocycles. The van der Waals surface area contributed by atoms with Gasteiger partial charge in [0.15, 0.2) is 5.92 Å². The molecule has 0 radical (unpaired) electrons. The van der Waals surface area contributed by atoms with E-state index in [1.54, 1.807) is 12.1 Å². The topological polar surface area (TPSA) is 72.3 Å². The molecule has 78 valence electrons. The normalized spacial score (nSPS) is 11.4. The summed E-state index contributed by atoms with van der Waals surface area (Å²) in [5.41, 5.74) is 1.71. The summed E-state index contributed by atoms with van der Waals surface area (Å²) in [6.07, 6.45) is 1.23. The van der Waals surface area contributed by atoms with Gasteiger partial charge in [-0.2, -0.15) is 20.7 Å². The first-order valence-electron chi connectivity index (χ1n) is 4.70. The predicted octanol–water partition coefficient (Wildman–Crippen LogP) is 2.14. The molecule has 0 unspecified atom stereocenters. The molecule has 0 amide bonds. The lowest BCUT2D eigenvalue weighted by atomic mass is 10.1. The van der Waals surface area contributed by atoms with E-state index in [9.17, 15) is 0 Å². The Hall–Kier alpha value is -2.46. The van der Waals surface area contributed by atoms with Crippen molar-refractivity contribution in [3.63, 3.8) is 0 Å². The van der Waals surface area contributed by atoms with Crippen LogP contribution in [0.25, 0.3) is 0 Å². The average Bonchev–Trinajstić information content (AvgIpc) is 2.35. The van der Waals surface area contributed by atoms with Gasteiger partial charge in [-0.3, -0.25) is 0 Å². The lowest BCUT2D eigenvalue weighted by molar-refractivity contribution is 1.13. The zero-order valence-corrected chi connectivity index (χ0v) is 8.83. The first-order valence-corrected chi connectivity index (χ1v) is 4.70. The Bertz CT molecular complexity index is 460. The molecule has 0 N–H and O–H groups in total. The molecule has 0 fully saturated rings. The van der Waals surface area contributed by atoms with Crippen LogP contribution in [0.5, 0.6) is 0 Å². The van der Waals surface area contributed by atoms with Crippen LogP contribution in [-0.4, -0.2) is 11.9 Å². The van der Waals surface area contributed by atoms with Gasteiger partial charge in [0.25, 0.3) is 0 Å². The third-order valence-corrected chi connectivity index (χ3v) is 1.89. The predicted molar refractivity (Wildman–Crippen MR) is 61.9 cm³/mol. The molecular weight excluding hydrogens is 200 g/mol. The van der Waals surface area contributed by atoms with Gasteiger partial charge in [-0.05, 0) is 12.5 Å². The van der Waals surface area contributed by atoms with E-state index in [0.29, 0.717) is 0 Å². The zero-order chi connectivity index (χ0) is 11.8. The number of hydrogen-bond donors (Lipinski definition) is 0. The van der Waals surface area contributed by atoms with Crippen molar-refractivity contribution in [1.82, 2.24) is 0 Å². The maximum Gasteiger partial charge on any atom is 0.170 e. The molecule has 4 nitrogen and oxygen atoms in total. The fraction of sp³-hybridized carbons (Fsp3) is 0.167. The molecular formula is C12H10N4. The van der Waals surface area contributed by atoms with E-state index in [4.69, 9.17) is 10.5 Å². The van der Waals surface area contributed by atoms with Gasteiger partial charge in [0, 0.05) is 0 Å². The maximum absolute atomic E-state index is 8.50. The van der Waals surface area contributed by atoms with Gasteiger partial charge in [0.1, 0.15) is 0 Å². The third kappa shape index (κ3) is 3.36. The summed E-state index contributed by atoms with van der Waals surface area (Å²) in [6, 6.07) is 13.1. The number of nitrogens with zero attached hydrogens (tertiary/aromatic N) is 4. The van der Waals surface area contributed by atoms with Crippen LogP contribution >= 0.6 is 0 Å². The average molecular weight is 210 g/mol. The molecule has 1 aromatic carbocycles. The number of benzene rings is 1. The number of hydrogen-bond acceptors (Lipinski definition) is 4. The summed E-state index contributed by atoms with van der Waals surface area (Å²) < 4.78 is 0. The maximum atomic E-state index is 8.50. The smallest absolute Gasteiger partial charge is 0.170 e. The minimum Gasteiger partial charge on any atom is -0.196 e. The van der Waals surface area contributed by atoms with E-state index >= 15 is 0 Å². The first-order chi connectivity index (χ1) is 7.77. The van der Waals surface area contributed by atoms with E-state index in [1.807, 2.05) is 37.3 Å². The Kier molecular flexibility index (Phi) is 4.43. The molecule has 0 bridgehead atoms. The van der Waals surface area contributed by atoms with Crippen molar-refractivity contribution in [3.05, 3.63) is 35.9 Å². The Labute approximate surface area is 94.2 Å². The van der Waals surface area contributed by atoms with Crippen LogP contribution in [0.4, 0.5) is 0 Å². The molecule has 16 heavy (non-hydrogen) atoms. The van der Waals surface area contributed by atoms with Crippen molar-refractivity contribution in [3.8, 4) is 12.1 Å². The van der Waals surface area contributed by atoms with Gasteiger partial charge in [-0.15, -0.1) is 0 Å². The molecule has 4 heteroatoms. The molecule has 0 saturated heterocycles. The van der Waals surface area contributed by atoms with Crippen molar-refractivity contribution in [2.75, 3.05) is 0 Å². The van der Waals surface area contributed by atoms with Crippen LogP contribution in [0.15, 0.2) is 40.5 Å². The van der Waals surface area contributed by atoms with E-state index in [0.717, 1.165) is 11.3 Å². The Morgan fingerprint density at radius 3 is 2.44 bits per heavy atom. The highest BCUT2D eigenvalue weighted by atomic mass is 15.2. The van der Waals surface area contributed by atoms with Crippen LogP contribution < -0.4 is 0 Å². The van der Waals surface area contributed by atoms with Crippen LogP contribution in [-0.2, 0) is 0 Å². The van der Waals surface area contributed by atoms with Crippen molar-refractivity contribution in [1.29, 1.82) is 10.5 Å². The largest absolute Gasteiger partial charge is 0.196 e. The van der Waals surface area contributed by atoms with Crippen LogP contribution in [0.2, 0.25) is 0 Å². The molecule has 0 atom stereocenters. The van der Waals surface area contributed by atoms with Gasteiger partial charge in [0.05, 0.1) is 24.1 Å². The molecule has 0 aromatic heterocycles. The summed E-state index contributed by atoms with van der Waals surface area (Å²) >= 11 is 0. The molecule has 0 aliphatic rings. The second-order valence-corrected chi connectivity index (χ2v) is 3.05. The van der Waals surface area contributed by atoms with Gasteiger partial charge in [-0.25, -0.2) is 0 Å². The van der Waals surface area contributed by atoms with E-state index in [1.165, 1.54) is 6.21 Å². The van der Waals surface area contributed by atoms with E-state index < -0.39 is 5.92 Å². The summed E-state index contributed by atoms with van der Waals surface area (Å²) in [6.45, 7) is 1.82. The lowest BCUT2D eigenvalue weighted by Crippen LogP contribution is -1.95. The van der Waals surface area contributed by atoms with Gasteiger partial charge in [0.2, 0.25) is 0 Å². The second-order valence-electron chi connectivity index (χ2n) is 3.05. The molecule has 1 aromatic rings. The fourth-order valence-corrected chi connectivity index (χ4v) is 1.02. The highest BCUT2D eigenvalue weighted by Gasteiger charge is 1.98. The Morgan fingerprint density at radius 2 is 1.88 bits per heavy atom. The fourth-order valence-electron chi connectivity index (χ4n) is 1.02. The monoisotopic (exact) mass is 210 g/mol. The van der Waals surface area contributed by atoms with Crippen molar-refractivity contribution < 1.29 is 0 Å². The third-order valence-electron chi connectivity index (χ3n) is 1.89. The Balaban J connectivity index is 2.74. The summed E-state index contributed by atoms with van der Waals surface area (Å²) in [7, 11) is 0. The minimum atomic E-state index is -0.840. The standard InChI is InChI=1S/C12H10N4/c1-10(12-5-3-2-4-6-12)16-15-9-11(7-13)8-14/h2-6,9,11H,1H3. The van der Waals surface area contributed by atoms with E-state index in [2.05, 4.69) is 10.2 Å². The number of nitriles is 2. The van der Waals surface area contributed by atoms with Gasteiger partial charge >= 0.3 is 0 Å². The van der Waals surface area contributed by atoms with Crippen molar-refractivity contribution >= 4 is 11.9 Å². The molecule has 1 rings (SSSR count). The summed E-state index contributed by atoms with van der Waals surface area (Å²) in [5.74, 6) is -0.840. The molecule has 0 spiro atoms. The van der Waals surface area contributed by atoms with Crippen LogP contribution in [0, 0.1) is 28.6 Å². The van der Waals surface area contributed by atoms with Crippen LogP contribution in [0.3, 0.4) is 0 Å². The highest BCUT2D eigenvalue weighted by Crippen LogP contribution is 2.00. The molecule has 0 saturated carbocycles. The Morgan fingerprint density at radius 1 is 1.25 bits per heavy atom. The molecule has 0 aliphatic heterocycles. The van der Waals surface area contributed by atoms with E-state index in [-0.39, 0.29) is 0 Å². The summed E-state index contributed by atoms with van der Waals surface area (Å²) in [5, 5.41) is 24.6. The lowest BCUT2D eigenvalue weighted by Gasteiger charge is -1.96. The quantitative estimate of drug-likeness (QED) is 0.566. The number of rotatable bonds is 3. The zero-order valence-electron chi connectivity index (χ0n) is 8.83. The second kappa shape index (κ2) is 6.10. The van der Waals surface area contributed by atoms with Crippen molar-refractivity contribution in [2.45, 2.75) is 6.92 Å².